The Morgan fingerprint density at radius 1 is 1.10 bits per heavy atom. The van der Waals surface area contributed by atoms with E-state index >= 15 is 0 Å². The second-order valence-corrected chi connectivity index (χ2v) is 4.48. The largest absolute Gasteiger partial charge is 0.494 e. The molecule has 20 heavy (non-hydrogen) atoms. The second kappa shape index (κ2) is 5.25. The smallest absolute Gasteiger partial charge is 0.165 e. The van der Waals surface area contributed by atoms with Crippen molar-refractivity contribution in [3.63, 3.8) is 0 Å². The molecule has 3 rings (SSSR count). The average Bonchev–Trinajstić information content (AvgIpc) is 2.92. The molecule has 1 aromatic heterocycles. The molecule has 0 aliphatic carbocycles. The minimum Gasteiger partial charge on any atom is -0.494 e. The molecule has 0 saturated heterocycles. The van der Waals surface area contributed by atoms with Crippen molar-refractivity contribution in [2.75, 3.05) is 7.11 Å². The van der Waals surface area contributed by atoms with Crippen LogP contribution in [0.2, 0.25) is 0 Å². The van der Waals surface area contributed by atoms with Crippen molar-refractivity contribution in [3.05, 3.63) is 60.0 Å². The number of aromatic amines is 1. The molecule has 2 aromatic carbocycles. The van der Waals surface area contributed by atoms with Crippen molar-refractivity contribution in [1.29, 1.82) is 0 Å². The van der Waals surface area contributed by atoms with Crippen molar-refractivity contribution in [2.45, 2.75) is 6.61 Å². The molecule has 4 heteroatoms. The number of aromatic nitrogens is 1. The topological polar surface area (TPSA) is 34.2 Å². The molecule has 0 unspecified atom stereocenters. The fourth-order valence-corrected chi connectivity index (χ4v) is 2.09. The number of halogens is 1. The number of hydrogen-bond acceptors (Lipinski definition) is 2. The number of H-pyrrole nitrogens is 1. The molecule has 0 spiro atoms. The molecule has 0 amide bonds. The molecule has 0 fully saturated rings. The van der Waals surface area contributed by atoms with Crippen molar-refractivity contribution >= 4 is 10.9 Å². The lowest BCUT2D eigenvalue weighted by molar-refractivity contribution is 0.305. The van der Waals surface area contributed by atoms with Gasteiger partial charge in [0, 0.05) is 17.1 Å². The SMILES string of the molecule is COc1ccc(COc2ccc3[nH]ccc3c2)cc1F. The van der Waals surface area contributed by atoms with Crippen LogP contribution in [0.25, 0.3) is 10.9 Å². The summed E-state index contributed by atoms with van der Waals surface area (Å²) in [5.74, 6) is 0.616. The van der Waals surface area contributed by atoms with Gasteiger partial charge in [-0.25, -0.2) is 4.39 Å². The third-order valence-corrected chi connectivity index (χ3v) is 3.15. The Morgan fingerprint density at radius 2 is 2.00 bits per heavy atom. The second-order valence-electron chi connectivity index (χ2n) is 4.48. The third kappa shape index (κ3) is 2.45. The summed E-state index contributed by atoms with van der Waals surface area (Å²) in [6, 6.07) is 12.6. The van der Waals surface area contributed by atoms with Crippen LogP contribution < -0.4 is 9.47 Å². The van der Waals surface area contributed by atoms with E-state index in [0.29, 0.717) is 6.61 Å². The summed E-state index contributed by atoms with van der Waals surface area (Å²) in [5, 5.41) is 1.09. The van der Waals surface area contributed by atoms with Gasteiger partial charge in [-0.05, 0) is 42.0 Å². The van der Waals surface area contributed by atoms with E-state index in [4.69, 9.17) is 9.47 Å². The molecule has 3 nitrogen and oxygen atoms in total. The number of hydrogen-bond donors (Lipinski definition) is 1. The third-order valence-electron chi connectivity index (χ3n) is 3.15. The summed E-state index contributed by atoms with van der Waals surface area (Å²) in [6.45, 7) is 0.316. The Kier molecular flexibility index (Phi) is 3.29. The zero-order valence-electron chi connectivity index (χ0n) is 11.0. The number of methoxy groups -OCH3 is 1. The quantitative estimate of drug-likeness (QED) is 0.781. The number of fused-ring (bicyclic) bond motifs is 1. The van der Waals surface area contributed by atoms with Gasteiger partial charge < -0.3 is 14.5 Å². The van der Waals surface area contributed by atoms with Gasteiger partial charge in [-0.3, -0.25) is 0 Å². The highest BCUT2D eigenvalue weighted by Crippen LogP contribution is 2.22. The molecule has 0 bridgehead atoms. The van der Waals surface area contributed by atoms with Gasteiger partial charge in [0.1, 0.15) is 12.4 Å². The van der Waals surface area contributed by atoms with E-state index in [0.717, 1.165) is 22.2 Å². The number of ether oxygens (including phenoxy) is 2. The summed E-state index contributed by atoms with van der Waals surface area (Å²) in [6.07, 6.45) is 1.88. The average molecular weight is 271 g/mol. The fourth-order valence-electron chi connectivity index (χ4n) is 2.09. The highest BCUT2D eigenvalue weighted by molar-refractivity contribution is 5.80. The van der Waals surface area contributed by atoms with Crippen molar-refractivity contribution in [2.24, 2.45) is 0 Å². The summed E-state index contributed by atoms with van der Waals surface area (Å²) >= 11 is 0. The van der Waals surface area contributed by atoms with Crippen LogP contribution in [0.3, 0.4) is 0 Å². The Hall–Kier alpha value is -2.49. The van der Waals surface area contributed by atoms with E-state index in [-0.39, 0.29) is 11.6 Å². The van der Waals surface area contributed by atoms with E-state index in [2.05, 4.69) is 4.98 Å². The van der Waals surface area contributed by atoms with Gasteiger partial charge in [0.15, 0.2) is 11.6 Å². The maximum Gasteiger partial charge on any atom is 0.165 e. The lowest BCUT2D eigenvalue weighted by Crippen LogP contribution is -1.97. The van der Waals surface area contributed by atoms with Crippen LogP contribution in [0.1, 0.15) is 5.56 Å². The van der Waals surface area contributed by atoms with Crippen molar-refractivity contribution in [1.82, 2.24) is 4.98 Å². The molecular formula is C16H14FNO2. The predicted octanol–water partition coefficient (Wildman–Crippen LogP) is 3.89. The van der Waals surface area contributed by atoms with Gasteiger partial charge in [0.25, 0.3) is 0 Å². The molecule has 1 N–H and O–H groups in total. The van der Waals surface area contributed by atoms with Gasteiger partial charge in [-0.1, -0.05) is 6.07 Å². The summed E-state index contributed by atoms with van der Waals surface area (Å²) in [7, 11) is 1.45. The first kappa shape index (κ1) is 12.5. The Labute approximate surface area is 116 Å². The molecule has 0 aliphatic rings. The molecule has 3 aromatic rings. The lowest BCUT2D eigenvalue weighted by atomic mass is 10.2. The summed E-state index contributed by atoms with van der Waals surface area (Å²) in [5.41, 5.74) is 1.82. The van der Waals surface area contributed by atoms with Crippen molar-refractivity contribution in [3.8, 4) is 11.5 Å². The molecule has 0 radical (unpaired) electrons. The number of benzene rings is 2. The Balaban J connectivity index is 1.73. The maximum atomic E-state index is 13.6. The molecule has 0 atom stereocenters. The molecule has 1 heterocycles. The van der Waals surface area contributed by atoms with E-state index in [9.17, 15) is 4.39 Å². The molecule has 0 saturated carbocycles. The molecule has 102 valence electrons. The van der Waals surface area contributed by atoms with Crippen LogP contribution in [0.5, 0.6) is 11.5 Å². The van der Waals surface area contributed by atoms with Gasteiger partial charge in [-0.15, -0.1) is 0 Å². The predicted molar refractivity (Wildman–Crippen MR) is 75.6 cm³/mol. The molecular weight excluding hydrogens is 257 g/mol. The van der Waals surface area contributed by atoms with Gasteiger partial charge >= 0.3 is 0 Å². The van der Waals surface area contributed by atoms with Crippen LogP contribution in [0.4, 0.5) is 4.39 Å². The van der Waals surface area contributed by atoms with Crippen LogP contribution in [0, 0.1) is 5.82 Å². The minimum absolute atomic E-state index is 0.238. The highest BCUT2D eigenvalue weighted by atomic mass is 19.1. The zero-order chi connectivity index (χ0) is 13.9. The molecule has 0 aliphatic heterocycles. The monoisotopic (exact) mass is 271 g/mol. The lowest BCUT2D eigenvalue weighted by Gasteiger charge is -2.08. The van der Waals surface area contributed by atoms with Crippen LogP contribution in [-0.4, -0.2) is 12.1 Å². The standard InChI is InChI=1S/C16H14FNO2/c1-19-16-5-2-11(8-14(16)17)10-20-13-3-4-15-12(9-13)6-7-18-15/h2-9,18H,10H2,1H3. The fraction of sp³-hybridized carbons (Fsp3) is 0.125. The first-order valence-corrected chi connectivity index (χ1v) is 6.28. The van der Waals surface area contributed by atoms with E-state index < -0.39 is 0 Å². The highest BCUT2D eigenvalue weighted by Gasteiger charge is 2.04. The Morgan fingerprint density at radius 3 is 2.80 bits per heavy atom. The van der Waals surface area contributed by atoms with E-state index in [1.54, 1.807) is 12.1 Å². The Bertz CT molecular complexity index is 736. The zero-order valence-corrected chi connectivity index (χ0v) is 11.0. The van der Waals surface area contributed by atoms with E-state index in [1.165, 1.54) is 13.2 Å². The van der Waals surface area contributed by atoms with Crippen LogP contribution in [0.15, 0.2) is 48.7 Å². The van der Waals surface area contributed by atoms with Crippen LogP contribution in [-0.2, 0) is 6.61 Å². The van der Waals surface area contributed by atoms with E-state index in [1.807, 2.05) is 30.5 Å². The van der Waals surface area contributed by atoms with Crippen LogP contribution >= 0.6 is 0 Å². The first-order chi connectivity index (χ1) is 9.76. The normalized spacial score (nSPS) is 10.7. The minimum atomic E-state index is -0.380. The maximum absolute atomic E-state index is 13.6. The first-order valence-electron chi connectivity index (χ1n) is 6.28. The summed E-state index contributed by atoms with van der Waals surface area (Å²) < 4.78 is 24.1. The number of rotatable bonds is 4. The van der Waals surface area contributed by atoms with Crippen molar-refractivity contribution < 1.29 is 13.9 Å². The van der Waals surface area contributed by atoms with Gasteiger partial charge in [0.2, 0.25) is 0 Å². The summed E-state index contributed by atoms with van der Waals surface area (Å²) in [4.78, 5) is 3.12. The van der Waals surface area contributed by atoms with Gasteiger partial charge in [0.05, 0.1) is 7.11 Å². The van der Waals surface area contributed by atoms with Gasteiger partial charge in [-0.2, -0.15) is 0 Å². The number of nitrogens with one attached hydrogen (secondary N) is 1.